The van der Waals surface area contributed by atoms with Crippen molar-refractivity contribution in [2.75, 3.05) is 7.05 Å². The molecule has 2 N–H and O–H groups in total. The molecule has 20 heavy (non-hydrogen) atoms. The largest absolute Gasteiger partial charge is 0.472 e. The first-order valence-corrected chi connectivity index (χ1v) is 6.67. The molecule has 2 heterocycles. The van der Waals surface area contributed by atoms with Gasteiger partial charge in [-0.25, -0.2) is 0 Å². The molecule has 0 fully saturated rings. The Hall–Kier alpha value is -2.04. The van der Waals surface area contributed by atoms with E-state index in [2.05, 4.69) is 18.0 Å². The maximum atomic E-state index is 5.81. The highest BCUT2D eigenvalue weighted by atomic mass is 16.3. The van der Waals surface area contributed by atoms with Crippen molar-refractivity contribution in [3.63, 3.8) is 0 Å². The second kappa shape index (κ2) is 5.53. The van der Waals surface area contributed by atoms with E-state index in [0.29, 0.717) is 6.54 Å². The summed E-state index contributed by atoms with van der Waals surface area (Å²) in [4.78, 5) is 2.22. The monoisotopic (exact) mass is 270 g/mol. The molecule has 0 saturated heterocycles. The number of furan rings is 2. The lowest BCUT2D eigenvalue weighted by Crippen LogP contribution is -2.18. The van der Waals surface area contributed by atoms with Crippen molar-refractivity contribution in [3.05, 3.63) is 59.7 Å². The predicted octanol–water partition coefficient (Wildman–Crippen LogP) is 3.12. The summed E-state index contributed by atoms with van der Waals surface area (Å²) in [6.45, 7) is 2.05. The molecule has 0 atom stereocenters. The van der Waals surface area contributed by atoms with E-state index in [1.807, 2.05) is 24.3 Å². The molecule has 3 rings (SSSR count). The number of rotatable bonds is 5. The number of nitrogens with zero attached hydrogens (tertiary/aromatic N) is 1. The predicted molar refractivity (Wildman–Crippen MR) is 78.0 cm³/mol. The molecule has 0 radical (unpaired) electrons. The average molecular weight is 270 g/mol. The number of hydrogen-bond donors (Lipinski definition) is 1. The normalized spacial score (nSPS) is 11.6. The topological polar surface area (TPSA) is 55.5 Å². The molecule has 0 aliphatic heterocycles. The van der Waals surface area contributed by atoms with E-state index in [4.69, 9.17) is 14.6 Å². The molecule has 1 aromatic carbocycles. The van der Waals surface area contributed by atoms with E-state index in [-0.39, 0.29) is 0 Å². The third-order valence-corrected chi connectivity index (χ3v) is 3.43. The summed E-state index contributed by atoms with van der Waals surface area (Å²) in [5.74, 6) is 0.866. The first kappa shape index (κ1) is 13.0. The van der Waals surface area contributed by atoms with E-state index < -0.39 is 0 Å². The number of fused-ring (bicyclic) bond motifs is 1. The Labute approximate surface area is 117 Å². The van der Waals surface area contributed by atoms with Crippen LogP contribution in [0.2, 0.25) is 0 Å². The van der Waals surface area contributed by atoms with Gasteiger partial charge in [-0.15, -0.1) is 0 Å². The first-order chi connectivity index (χ1) is 9.78. The van der Waals surface area contributed by atoms with Crippen LogP contribution in [0.15, 0.2) is 51.7 Å². The van der Waals surface area contributed by atoms with Crippen LogP contribution in [-0.2, 0) is 19.6 Å². The molecular weight excluding hydrogens is 252 g/mol. The van der Waals surface area contributed by atoms with E-state index >= 15 is 0 Å². The molecule has 4 nitrogen and oxygen atoms in total. The molecule has 3 aromatic rings. The molecule has 0 amide bonds. The summed E-state index contributed by atoms with van der Waals surface area (Å²) in [6, 6.07) is 10.0. The fraction of sp³-hybridized carbons (Fsp3) is 0.250. The Morgan fingerprint density at radius 1 is 1.15 bits per heavy atom. The van der Waals surface area contributed by atoms with Gasteiger partial charge in [-0.2, -0.15) is 0 Å². The quantitative estimate of drug-likeness (QED) is 0.774. The van der Waals surface area contributed by atoms with Gasteiger partial charge in [0.2, 0.25) is 0 Å². The van der Waals surface area contributed by atoms with E-state index in [1.165, 1.54) is 5.56 Å². The zero-order valence-corrected chi connectivity index (χ0v) is 11.5. The van der Waals surface area contributed by atoms with Gasteiger partial charge in [-0.3, -0.25) is 4.90 Å². The third-order valence-electron chi connectivity index (χ3n) is 3.43. The van der Waals surface area contributed by atoms with Crippen LogP contribution in [0.3, 0.4) is 0 Å². The molecule has 0 unspecified atom stereocenters. The molecule has 0 aliphatic rings. The second-order valence-corrected chi connectivity index (χ2v) is 5.01. The van der Waals surface area contributed by atoms with Crippen LogP contribution < -0.4 is 5.73 Å². The van der Waals surface area contributed by atoms with Gasteiger partial charge in [0.05, 0.1) is 19.1 Å². The maximum absolute atomic E-state index is 5.81. The fourth-order valence-corrected chi connectivity index (χ4v) is 2.51. The minimum absolute atomic E-state index is 0.420. The Bertz CT molecular complexity index is 686. The number of para-hydroxylation sites is 1. The van der Waals surface area contributed by atoms with Gasteiger partial charge in [-0.1, -0.05) is 18.2 Å². The van der Waals surface area contributed by atoms with Crippen LogP contribution in [0.25, 0.3) is 11.0 Å². The zero-order chi connectivity index (χ0) is 13.9. The van der Waals surface area contributed by atoms with E-state index in [9.17, 15) is 0 Å². The summed E-state index contributed by atoms with van der Waals surface area (Å²) < 4.78 is 10.9. The maximum Gasteiger partial charge on any atom is 0.134 e. The van der Waals surface area contributed by atoms with E-state index in [0.717, 1.165) is 35.4 Å². The van der Waals surface area contributed by atoms with Gasteiger partial charge < -0.3 is 14.6 Å². The van der Waals surface area contributed by atoms with Crippen LogP contribution >= 0.6 is 0 Å². The number of benzene rings is 1. The van der Waals surface area contributed by atoms with Crippen molar-refractivity contribution >= 4 is 11.0 Å². The molecule has 104 valence electrons. The Kier molecular flexibility index (Phi) is 3.58. The minimum atomic E-state index is 0.420. The average Bonchev–Trinajstić information content (AvgIpc) is 3.07. The summed E-state index contributed by atoms with van der Waals surface area (Å²) in [6.07, 6.45) is 3.47. The van der Waals surface area contributed by atoms with Crippen LogP contribution in [-0.4, -0.2) is 11.9 Å². The first-order valence-electron chi connectivity index (χ1n) is 6.67. The van der Waals surface area contributed by atoms with Crippen LogP contribution in [0.1, 0.15) is 16.9 Å². The van der Waals surface area contributed by atoms with Crippen molar-refractivity contribution in [2.24, 2.45) is 5.73 Å². The highest BCUT2D eigenvalue weighted by molar-refractivity contribution is 5.82. The molecule has 4 heteroatoms. The molecule has 0 saturated carbocycles. The number of hydrogen-bond acceptors (Lipinski definition) is 4. The van der Waals surface area contributed by atoms with Gasteiger partial charge in [0.25, 0.3) is 0 Å². The highest BCUT2D eigenvalue weighted by Crippen LogP contribution is 2.27. The molecule has 0 spiro atoms. The summed E-state index contributed by atoms with van der Waals surface area (Å²) in [5, 5.41) is 1.15. The third kappa shape index (κ3) is 2.48. The highest BCUT2D eigenvalue weighted by Gasteiger charge is 2.14. The Balaban J connectivity index is 1.85. The molecular formula is C16H18N2O2. The van der Waals surface area contributed by atoms with Crippen LogP contribution in [0.5, 0.6) is 0 Å². The second-order valence-electron chi connectivity index (χ2n) is 5.01. The van der Waals surface area contributed by atoms with Crippen molar-refractivity contribution in [2.45, 2.75) is 19.6 Å². The van der Waals surface area contributed by atoms with Gasteiger partial charge in [0.15, 0.2) is 0 Å². The van der Waals surface area contributed by atoms with Crippen LogP contribution in [0, 0.1) is 0 Å². The van der Waals surface area contributed by atoms with Crippen molar-refractivity contribution in [1.82, 2.24) is 4.90 Å². The van der Waals surface area contributed by atoms with Crippen molar-refractivity contribution < 1.29 is 8.83 Å². The van der Waals surface area contributed by atoms with Gasteiger partial charge in [0.1, 0.15) is 11.3 Å². The fourth-order valence-electron chi connectivity index (χ4n) is 2.51. The zero-order valence-electron chi connectivity index (χ0n) is 11.5. The lowest BCUT2D eigenvalue weighted by atomic mass is 10.1. The van der Waals surface area contributed by atoms with Gasteiger partial charge >= 0.3 is 0 Å². The van der Waals surface area contributed by atoms with Gasteiger partial charge in [0, 0.05) is 29.6 Å². The SMILES string of the molecule is CN(Cc1ccoc1)Cc1c(CN)oc2ccccc12. The Morgan fingerprint density at radius 2 is 2.00 bits per heavy atom. The summed E-state index contributed by atoms with van der Waals surface area (Å²) in [7, 11) is 2.08. The van der Waals surface area contributed by atoms with E-state index in [1.54, 1.807) is 12.5 Å². The standard InChI is InChI=1S/C16H18N2O2/c1-18(9-12-6-7-19-11-12)10-14-13-4-2-3-5-15(13)20-16(14)8-17/h2-7,11H,8-10,17H2,1H3. The number of nitrogens with two attached hydrogens (primary N) is 1. The lowest BCUT2D eigenvalue weighted by molar-refractivity contribution is 0.315. The summed E-state index contributed by atoms with van der Waals surface area (Å²) >= 11 is 0. The lowest BCUT2D eigenvalue weighted by Gasteiger charge is -2.15. The minimum Gasteiger partial charge on any atom is -0.472 e. The van der Waals surface area contributed by atoms with Crippen molar-refractivity contribution in [1.29, 1.82) is 0 Å². The molecule has 2 aromatic heterocycles. The summed E-state index contributed by atoms with van der Waals surface area (Å²) in [5.41, 5.74) is 9.04. The van der Waals surface area contributed by atoms with Crippen molar-refractivity contribution in [3.8, 4) is 0 Å². The van der Waals surface area contributed by atoms with Crippen LogP contribution in [0.4, 0.5) is 0 Å². The van der Waals surface area contributed by atoms with Gasteiger partial charge in [-0.05, 0) is 19.2 Å². The molecule has 0 aliphatic carbocycles. The molecule has 0 bridgehead atoms. The smallest absolute Gasteiger partial charge is 0.134 e. The Morgan fingerprint density at radius 3 is 2.75 bits per heavy atom.